The van der Waals surface area contributed by atoms with Crippen molar-refractivity contribution in [2.24, 2.45) is 0 Å². The van der Waals surface area contributed by atoms with Gasteiger partial charge in [-0.25, -0.2) is 0 Å². The number of rotatable bonds is 5. The number of nitrogens with one attached hydrogen (secondary N) is 1. The minimum absolute atomic E-state index is 0.730. The molecule has 0 aliphatic heterocycles. The van der Waals surface area contributed by atoms with Gasteiger partial charge in [0, 0.05) is 28.1 Å². The van der Waals surface area contributed by atoms with Crippen molar-refractivity contribution in [3.8, 4) is 5.75 Å². The molecule has 0 amide bonds. The molecular weight excluding hydrogens is 312 g/mol. The molecule has 2 rings (SSSR count). The van der Waals surface area contributed by atoms with Crippen LogP contribution >= 0.6 is 27.3 Å². The highest BCUT2D eigenvalue weighted by molar-refractivity contribution is 9.10. The Morgan fingerprint density at radius 3 is 2.83 bits per heavy atom. The molecule has 0 saturated heterocycles. The van der Waals surface area contributed by atoms with Gasteiger partial charge in [-0.05, 0) is 51.1 Å². The Morgan fingerprint density at radius 2 is 2.17 bits per heavy atom. The van der Waals surface area contributed by atoms with Crippen molar-refractivity contribution >= 4 is 33.0 Å². The van der Waals surface area contributed by atoms with Crippen molar-refractivity contribution in [1.82, 2.24) is 5.32 Å². The Kier molecular flexibility index (Phi) is 4.63. The zero-order valence-corrected chi connectivity index (χ0v) is 12.5. The van der Waals surface area contributed by atoms with E-state index in [9.17, 15) is 0 Å². The molecule has 96 valence electrons. The predicted molar refractivity (Wildman–Crippen MR) is 80.0 cm³/mol. The van der Waals surface area contributed by atoms with Crippen LogP contribution in [0.25, 0.3) is 0 Å². The summed E-state index contributed by atoms with van der Waals surface area (Å²) in [5.74, 6) is 0.832. The largest absolute Gasteiger partial charge is 0.497 e. The fraction of sp³-hybridized carbons (Fsp3) is 0.231. The van der Waals surface area contributed by atoms with Crippen LogP contribution in [-0.2, 0) is 13.1 Å². The van der Waals surface area contributed by atoms with Crippen LogP contribution in [0.3, 0.4) is 0 Å². The van der Waals surface area contributed by atoms with Gasteiger partial charge in [0.1, 0.15) is 5.75 Å². The Hall–Kier alpha value is -1.04. The first kappa shape index (κ1) is 13.4. The Bertz CT molecular complexity index is 527. The first-order valence-electron chi connectivity index (χ1n) is 5.55. The van der Waals surface area contributed by atoms with E-state index in [1.54, 1.807) is 18.4 Å². The van der Waals surface area contributed by atoms with Crippen LogP contribution in [0.5, 0.6) is 5.75 Å². The van der Waals surface area contributed by atoms with Crippen LogP contribution in [0.15, 0.2) is 34.1 Å². The second-order valence-electron chi connectivity index (χ2n) is 3.86. The quantitative estimate of drug-likeness (QED) is 0.828. The van der Waals surface area contributed by atoms with Crippen molar-refractivity contribution in [3.63, 3.8) is 0 Å². The standard InChI is InChI=1S/C13H15BrN2OS/c1-17-10-2-3-12(15)9(6-10)7-16-8-13-11(14)4-5-18-13/h2-6,16H,7-8,15H2,1H3. The first-order chi connectivity index (χ1) is 8.70. The van der Waals surface area contributed by atoms with E-state index in [1.807, 2.05) is 18.2 Å². The van der Waals surface area contributed by atoms with E-state index in [4.69, 9.17) is 10.5 Å². The van der Waals surface area contributed by atoms with Gasteiger partial charge in [0.25, 0.3) is 0 Å². The Balaban J connectivity index is 1.96. The van der Waals surface area contributed by atoms with Crippen molar-refractivity contribution in [2.75, 3.05) is 12.8 Å². The van der Waals surface area contributed by atoms with Crippen LogP contribution in [0.2, 0.25) is 0 Å². The Morgan fingerprint density at radius 1 is 1.33 bits per heavy atom. The zero-order chi connectivity index (χ0) is 13.0. The number of ether oxygens (including phenoxy) is 1. The number of benzene rings is 1. The molecule has 0 atom stereocenters. The third-order valence-corrected chi connectivity index (χ3v) is 4.57. The topological polar surface area (TPSA) is 47.3 Å². The fourth-order valence-corrected chi connectivity index (χ4v) is 3.09. The third kappa shape index (κ3) is 3.25. The van der Waals surface area contributed by atoms with Gasteiger partial charge in [0.2, 0.25) is 0 Å². The number of hydrogen-bond acceptors (Lipinski definition) is 4. The Labute approximate surface area is 119 Å². The molecule has 18 heavy (non-hydrogen) atoms. The maximum Gasteiger partial charge on any atom is 0.119 e. The average molecular weight is 327 g/mol. The van der Waals surface area contributed by atoms with E-state index in [2.05, 4.69) is 32.7 Å². The third-order valence-electron chi connectivity index (χ3n) is 2.64. The number of anilines is 1. The summed E-state index contributed by atoms with van der Waals surface area (Å²) in [6, 6.07) is 7.76. The molecule has 3 nitrogen and oxygen atoms in total. The number of hydrogen-bond donors (Lipinski definition) is 2. The predicted octanol–water partition coefficient (Wildman–Crippen LogP) is 3.39. The number of nitrogen functional groups attached to an aromatic ring is 1. The van der Waals surface area contributed by atoms with Crippen molar-refractivity contribution in [2.45, 2.75) is 13.1 Å². The lowest BCUT2D eigenvalue weighted by molar-refractivity contribution is 0.414. The molecule has 3 N–H and O–H groups in total. The maximum atomic E-state index is 5.93. The summed E-state index contributed by atoms with van der Waals surface area (Å²) in [4.78, 5) is 1.29. The molecule has 0 saturated carbocycles. The molecule has 0 aliphatic rings. The SMILES string of the molecule is COc1ccc(N)c(CNCc2sccc2Br)c1. The van der Waals surface area contributed by atoms with Crippen molar-refractivity contribution in [3.05, 3.63) is 44.6 Å². The van der Waals surface area contributed by atoms with Gasteiger partial charge in [-0.1, -0.05) is 0 Å². The van der Waals surface area contributed by atoms with Gasteiger partial charge in [-0.15, -0.1) is 11.3 Å². The molecule has 0 radical (unpaired) electrons. The molecular formula is C13H15BrN2OS. The number of nitrogens with two attached hydrogens (primary N) is 1. The molecule has 1 aromatic carbocycles. The number of methoxy groups -OCH3 is 1. The molecule has 5 heteroatoms. The van der Waals surface area contributed by atoms with E-state index >= 15 is 0 Å². The van der Waals surface area contributed by atoms with Crippen molar-refractivity contribution < 1.29 is 4.74 Å². The van der Waals surface area contributed by atoms with Gasteiger partial charge in [0.15, 0.2) is 0 Å². The summed E-state index contributed by atoms with van der Waals surface area (Å²) < 4.78 is 6.34. The zero-order valence-electron chi connectivity index (χ0n) is 10.1. The van der Waals surface area contributed by atoms with Gasteiger partial charge in [-0.2, -0.15) is 0 Å². The van der Waals surface area contributed by atoms with E-state index in [0.717, 1.165) is 34.6 Å². The molecule has 1 aromatic heterocycles. The van der Waals surface area contributed by atoms with Crippen LogP contribution in [-0.4, -0.2) is 7.11 Å². The summed E-state index contributed by atoms with van der Waals surface area (Å²) in [7, 11) is 1.66. The molecule has 2 aromatic rings. The highest BCUT2D eigenvalue weighted by atomic mass is 79.9. The van der Waals surface area contributed by atoms with Crippen LogP contribution in [0.1, 0.15) is 10.4 Å². The fourth-order valence-electron chi connectivity index (χ4n) is 1.62. The lowest BCUT2D eigenvalue weighted by Crippen LogP contribution is -2.13. The number of thiophene rings is 1. The average Bonchev–Trinajstić information content (AvgIpc) is 2.77. The normalized spacial score (nSPS) is 10.6. The van der Waals surface area contributed by atoms with E-state index in [0.29, 0.717) is 0 Å². The molecule has 0 aliphatic carbocycles. The van der Waals surface area contributed by atoms with Gasteiger partial charge >= 0.3 is 0 Å². The summed E-state index contributed by atoms with van der Waals surface area (Å²) in [6.07, 6.45) is 0. The molecule has 0 spiro atoms. The van der Waals surface area contributed by atoms with Crippen LogP contribution in [0, 0.1) is 0 Å². The summed E-state index contributed by atoms with van der Waals surface area (Å²) >= 11 is 5.25. The summed E-state index contributed by atoms with van der Waals surface area (Å²) in [5.41, 5.74) is 7.77. The summed E-state index contributed by atoms with van der Waals surface area (Å²) in [6.45, 7) is 1.56. The molecule has 0 unspecified atom stereocenters. The number of halogens is 1. The highest BCUT2D eigenvalue weighted by Crippen LogP contribution is 2.23. The lowest BCUT2D eigenvalue weighted by Gasteiger charge is -2.09. The molecule has 0 fully saturated rings. The minimum atomic E-state index is 0.730. The van der Waals surface area contributed by atoms with Crippen LogP contribution in [0.4, 0.5) is 5.69 Å². The second kappa shape index (κ2) is 6.22. The lowest BCUT2D eigenvalue weighted by atomic mass is 10.1. The monoisotopic (exact) mass is 326 g/mol. The highest BCUT2D eigenvalue weighted by Gasteiger charge is 2.03. The minimum Gasteiger partial charge on any atom is -0.497 e. The van der Waals surface area contributed by atoms with Gasteiger partial charge < -0.3 is 15.8 Å². The maximum absolute atomic E-state index is 5.93. The van der Waals surface area contributed by atoms with Gasteiger partial charge in [-0.3, -0.25) is 0 Å². The van der Waals surface area contributed by atoms with Gasteiger partial charge in [0.05, 0.1) is 7.11 Å². The van der Waals surface area contributed by atoms with E-state index in [1.165, 1.54) is 4.88 Å². The second-order valence-corrected chi connectivity index (χ2v) is 5.72. The molecule has 0 bridgehead atoms. The first-order valence-corrected chi connectivity index (χ1v) is 7.23. The van der Waals surface area contributed by atoms with E-state index in [-0.39, 0.29) is 0 Å². The molecule has 1 heterocycles. The van der Waals surface area contributed by atoms with Crippen LogP contribution < -0.4 is 15.8 Å². The summed E-state index contributed by atoms with van der Waals surface area (Å²) in [5, 5.41) is 5.45. The smallest absolute Gasteiger partial charge is 0.119 e. The van der Waals surface area contributed by atoms with Crippen molar-refractivity contribution in [1.29, 1.82) is 0 Å². The van der Waals surface area contributed by atoms with E-state index < -0.39 is 0 Å².